The molecule has 1 fully saturated rings. The van der Waals surface area contributed by atoms with Crippen LogP contribution in [0, 0.1) is 11.7 Å². The van der Waals surface area contributed by atoms with E-state index in [-0.39, 0.29) is 11.7 Å². The minimum atomic E-state index is -2.96. The Kier molecular flexibility index (Phi) is 6.46. The summed E-state index contributed by atoms with van der Waals surface area (Å²) in [5.41, 5.74) is 1.37. The van der Waals surface area contributed by atoms with E-state index in [0.29, 0.717) is 22.3 Å². The van der Waals surface area contributed by atoms with Crippen LogP contribution in [0.3, 0.4) is 0 Å². The van der Waals surface area contributed by atoms with E-state index in [2.05, 4.69) is 6.58 Å². The molecule has 0 N–H and O–H groups in total. The summed E-state index contributed by atoms with van der Waals surface area (Å²) < 4.78 is 46.1. The lowest BCUT2D eigenvalue weighted by Crippen LogP contribution is -2.16. The van der Waals surface area contributed by atoms with Crippen LogP contribution in [0.5, 0.6) is 5.75 Å². The van der Waals surface area contributed by atoms with Gasteiger partial charge in [-0.1, -0.05) is 31.2 Å². The molecule has 0 unspecified atom stereocenters. The average Bonchev–Trinajstić information content (AvgIpc) is 2.66. The van der Waals surface area contributed by atoms with Gasteiger partial charge in [0.1, 0.15) is 11.6 Å². The Balaban J connectivity index is 1.95. The molecule has 0 aromatic heterocycles. The molecule has 2 aromatic rings. The van der Waals surface area contributed by atoms with Crippen LogP contribution in [0.4, 0.5) is 13.2 Å². The Bertz CT molecular complexity index is 792. The highest BCUT2D eigenvalue weighted by Crippen LogP contribution is 2.44. The van der Waals surface area contributed by atoms with Gasteiger partial charge in [0.15, 0.2) is 0 Å². The fourth-order valence-electron chi connectivity index (χ4n) is 4.29. The number of ether oxygens (including phenoxy) is 1. The summed E-state index contributed by atoms with van der Waals surface area (Å²) in [6.45, 7) is 2.81. The maximum Gasteiger partial charge on any atom is 0.387 e. The standard InChI is InChI=1S/C23H27F3O/c1-3-5-6-16-7-10-17(11-8-16)21-20(27-23(25)26)14-18-13-15(4-2)9-12-19(18)22(21)24/h3,9,12-14,16-17,23H,1,4-8,10-11H2,2H3. The summed E-state index contributed by atoms with van der Waals surface area (Å²) in [6.07, 6.45) is 8.38. The van der Waals surface area contributed by atoms with Gasteiger partial charge in [0.25, 0.3) is 0 Å². The van der Waals surface area contributed by atoms with Gasteiger partial charge in [0.2, 0.25) is 0 Å². The monoisotopic (exact) mass is 376 g/mol. The lowest BCUT2D eigenvalue weighted by atomic mass is 9.76. The van der Waals surface area contributed by atoms with Crippen molar-refractivity contribution in [2.24, 2.45) is 5.92 Å². The maximum atomic E-state index is 15.4. The molecular weight excluding hydrogens is 349 g/mol. The van der Waals surface area contributed by atoms with E-state index < -0.39 is 12.4 Å². The number of rotatable bonds is 7. The van der Waals surface area contributed by atoms with Crippen LogP contribution < -0.4 is 4.74 Å². The number of fused-ring (bicyclic) bond motifs is 1. The molecule has 0 aliphatic heterocycles. The van der Waals surface area contributed by atoms with Crippen LogP contribution in [0.1, 0.15) is 62.5 Å². The number of alkyl halides is 2. The van der Waals surface area contributed by atoms with Gasteiger partial charge in [-0.15, -0.1) is 6.58 Å². The first kappa shape index (κ1) is 19.8. The van der Waals surface area contributed by atoms with Crippen molar-refractivity contribution in [2.45, 2.75) is 64.4 Å². The molecule has 1 saturated carbocycles. The number of hydrogen-bond donors (Lipinski definition) is 0. The molecular formula is C23H27F3O. The van der Waals surface area contributed by atoms with E-state index in [4.69, 9.17) is 4.74 Å². The zero-order valence-corrected chi connectivity index (χ0v) is 15.8. The molecule has 0 atom stereocenters. The first-order valence-electron chi connectivity index (χ1n) is 9.84. The third-order valence-electron chi connectivity index (χ3n) is 5.80. The molecule has 0 amide bonds. The van der Waals surface area contributed by atoms with E-state index in [1.54, 1.807) is 12.1 Å². The van der Waals surface area contributed by atoms with Crippen molar-refractivity contribution in [3.63, 3.8) is 0 Å². The number of allylic oxidation sites excluding steroid dienone is 1. The summed E-state index contributed by atoms with van der Waals surface area (Å²) in [5, 5.41) is 1.10. The van der Waals surface area contributed by atoms with E-state index in [1.165, 1.54) is 0 Å². The SMILES string of the molecule is C=CCCC1CCC(c2c(OC(F)F)cc3cc(CC)ccc3c2F)CC1. The van der Waals surface area contributed by atoms with E-state index in [0.717, 1.165) is 50.5 Å². The first-order chi connectivity index (χ1) is 13.0. The molecule has 0 radical (unpaired) electrons. The van der Waals surface area contributed by atoms with E-state index >= 15 is 4.39 Å². The van der Waals surface area contributed by atoms with Gasteiger partial charge < -0.3 is 4.74 Å². The van der Waals surface area contributed by atoms with Crippen LogP contribution in [0.25, 0.3) is 10.8 Å². The molecule has 4 heteroatoms. The van der Waals surface area contributed by atoms with Crippen molar-refractivity contribution in [1.82, 2.24) is 0 Å². The third-order valence-corrected chi connectivity index (χ3v) is 5.80. The summed E-state index contributed by atoms with van der Waals surface area (Å²) in [7, 11) is 0. The van der Waals surface area contributed by atoms with Crippen molar-refractivity contribution < 1.29 is 17.9 Å². The van der Waals surface area contributed by atoms with Gasteiger partial charge in [-0.25, -0.2) is 4.39 Å². The minimum absolute atomic E-state index is 0.00204. The van der Waals surface area contributed by atoms with Crippen molar-refractivity contribution in [1.29, 1.82) is 0 Å². The molecule has 3 rings (SSSR count). The van der Waals surface area contributed by atoms with E-state index in [9.17, 15) is 8.78 Å². The van der Waals surface area contributed by atoms with E-state index in [1.807, 2.05) is 25.1 Å². The van der Waals surface area contributed by atoms with Gasteiger partial charge >= 0.3 is 6.61 Å². The fourth-order valence-corrected chi connectivity index (χ4v) is 4.29. The Morgan fingerprint density at radius 3 is 2.56 bits per heavy atom. The van der Waals surface area contributed by atoms with Crippen LogP contribution in [0.2, 0.25) is 0 Å². The molecule has 0 saturated heterocycles. The van der Waals surface area contributed by atoms with Crippen molar-refractivity contribution >= 4 is 10.8 Å². The number of aryl methyl sites for hydroxylation is 1. The Morgan fingerprint density at radius 1 is 1.19 bits per heavy atom. The maximum absolute atomic E-state index is 15.4. The molecule has 1 aliphatic rings. The van der Waals surface area contributed by atoms with Crippen LogP contribution in [0.15, 0.2) is 36.9 Å². The molecule has 27 heavy (non-hydrogen) atoms. The lowest BCUT2D eigenvalue weighted by Gasteiger charge is -2.30. The normalized spacial score (nSPS) is 20.2. The van der Waals surface area contributed by atoms with Crippen molar-refractivity contribution in [3.05, 3.63) is 53.9 Å². The summed E-state index contributed by atoms with van der Waals surface area (Å²) in [6, 6.07) is 7.10. The second-order valence-electron chi connectivity index (χ2n) is 7.47. The van der Waals surface area contributed by atoms with Crippen molar-refractivity contribution in [3.8, 4) is 5.75 Å². The summed E-state index contributed by atoms with van der Waals surface area (Å²) >= 11 is 0. The second-order valence-corrected chi connectivity index (χ2v) is 7.47. The molecule has 0 spiro atoms. The lowest BCUT2D eigenvalue weighted by molar-refractivity contribution is -0.0508. The number of halogens is 3. The summed E-state index contributed by atoms with van der Waals surface area (Å²) in [4.78, 5) is 0. The van der Waals surface area contributed by atoms with Gasteiger partial charge in [-0.3, -0.25) is 0 Å². The highest BCUT2D eigenvalue weighted by atomic mass is 19.3. The second kappa shape index (κ2) is 8.81. The van der Waals surface area contributed by atoms with Gasteiger partial charge in [-0.05, 0) is 73.8 Å². The number of hydrogen-bond acceptors (Lipinski definition) is 1. The summed E-state index contributed by atoms with van der Waals surface area (Å²) in [5.74, 6) is 0.126. The Morgan fingerprint density at radius 2 is 1.93 bits per heavy atom. The average molecular weight is 376 g/mol. The van der Waals surface area contributed by atoms with Gasteiger partial charge in [0, 0.05) is 10.9 Å². The fraction of sp³-hybridized carbons (Fsp3) is 0.478. The molecule has 146 valence electrons. The van der Waals surface area contributed by atoms with Crippen molar-refractivity contribution in [2.75, 3.05) is 0 Å². The third kappa shape index (κ3) is 4.48. The molecule has 0 bridgehead atoms. The highest BCUT2D eigenvalue weighted by Gasteiger charge is 2.29. The molecule has 0 heterocycles. The zero-order chi connectivity index (χ0) is 19.4. The predicted octanol–water partition coefficient (Wildman–Crippen LogP) is 7.38. The predicted molar refractivity (Wildman–Crippen MR) is 104 cm³/mol. The molecule has 1 aliphatic carbocycles. The minimum Gasteiger partial charge on any atom is -0.434 e. The smallest absolute Gasteiger partial charge is 0.387 e. The van der Waals surface area contributed by atoms with Crippen LogP contribution >= 0.6 is 0 Å². The van der Waals surface area contributed by atoms with Crippen LogP contribution in [-0.4, -0.2) is 6.61 Å². The Labute approximate surface area is 159 Å². The first-order valence-corrected chi connectivity index (χ1v) is 9.84. The quantitative estimate of drug-likeness (QED) is 0.458. The van der Waals surface area contributed by atoms with Crippen LogP contribution in [-0.2, 0) is 6.42 Å². The number of benzene rings is 2. The highest BCUT2D eigenvalue weighted by molar-refractivity contribution is 5.86. The van der Waals surface area contributed by atoms with Gasteiger partial charge in [0.05, 0.1) is 0 Å². The van der Waals surface area contributed by atoms with Gasteiger partial charge in [-0.2, -0.15) is 8.78 Å². The Hall–Kier alpha value is -1.97. The largest absolute Gasteiger partial charge is 0.434 e. The molecule has 2 aromatic carbocycles. The topological polar surface area (TPSA) is 9.23 Å². The molecule has 1 nitrogen and oxygen atoms in total. The zero-order valence-electron chi connectivity index (χ0n) is 15.8.